The summed E-state index contributed by atoms with van der Waals surface area (Å²) in [7, 11) is 0. The first kappa shape index (κ1) is 14.9. The first-order chi connectivity index (χ1) is 7.16. The van der Waals surface area contributed by atoms with Crippen LogP contribution in [0.5, 0.6) is 0 Å². The minimum Gasteiger partial charge on any atom is -0.396 e. The zero-order valence-corrected chi connectivity index (χ0v) is 10.5. The molecular weight excluding hydrogens is 190 g/mol. The number of hydrogen-bond donors (Lipinski definition) is 2. The van der Waals surface area contributed by atoms with E-state index in [0.717, 1.165) is 45.1 Å². The third kappa shape index (κ3) is 11.8. The molecule has 0 heterocycles. The number of nitrogens with one attached hydrogen (secondary N) is 1. The van der Waals surface area contributed by atoms with Gasteiger partial charge in [-0.2, -0.15) is 0 Å². The number of aliphatic hydroxyl groups is 1. The zero-order valence-electron chi connectivity index (χ0n) is 10.5. The molecule has 1 atom stereocenters. The second-order valence-corrected chi connectivity index (χ2v) is 4.62. The molecule has 0 saturated carbocycles. The van der Waals surface area contributed by atoms with Crippen molar-refractivity contribution >= 4 is 0 Å². The maximum atomic E-state index is 8.71. The molecule has 0 bridgehead atoms. The van der Waals surface area contributed by atoms with Crippen LogP contribution in [-0.2, 0) is 4.74 Å². The summed E-state index contributed by atoms with van der Waals surface area (Å²) in [4.78, 5) is 0. The Morgan fingerprint density at radius 2 is 1.87 bits per heavy atom. The molecule has 0 aliphatic heterocycles. The highest BCUT2D eigenvalue weighted by Gasteiger charge is 1.99. The molecule has 0 aliphatic rings. The molecular formula is C12H27NO2. The lowest BCUT2D eigenvalue weighted by molar-refractivity contribution is 0.124. The summed E-state index contributed by atoms with van der Waals surface area (Å²) in [5.41, 5.74) is 0. The van der Waals surface area contributed by atoms with Gasteiger partial charge in [0.1, 0.15) is 0 Å². The van der Waals surface area contributed by atoms with E-state index >= 15 is 0 Å². The molecule has 0 saturated heterocycles. The van der Waals surface area contributed by atoms with Crippen molar-refractivity contribution in [2.75, 3.05) is 32.9 Å². The highest BCUT2D eigenvalue weighted by molar-refractivity contribution is 4.56. The van der Waals surface area contributed by atoms with Gasteiger partial charge >= 0.3 is 0 Å². The van der Waals surface area contributed by atoms with E-state index in [0.29, 0.717) is 5.92 Å². The molecule has 92 valence electrons. The molecule has 3 nitrogen and oxygen atoms in total. The standard InChI is InChI=1S/C12H27NO2/c1-11(2)5-8-15-9-6-13-10-12(3)4-7-14/h11-14H,4-10H2,1-3H3. The maximum absolute atomic E-state index is 8.71. The molecule has 15 heavy (non-hydrogen) atoms. The van der Waals surface area contributed by atoms with E-state index in [2.05, 4.69) is 26.1 Å². The molecule has 0 amide bonds. The molecule has 0 spiro atoms. The van der Waals surface area contributed by atoms with Crippen molar-refractivity contribution in [3.63, 3.8) is 0 Å². The molecule has 0 aromatic rings. The third-order valence-corrected chi connectivity index (χ3v) is 2.38. The fraction of sp³-hybridized carbons (Fsp3) is 1.00. The minimum absolute atomic E-state index is 0.285. The molecule has 2 N–H and O–H groups in total. The molecule has 0 aromatic carbocycles. The van der Waals surface area contributed by atoms with Crippen LogP contribution in [0.2, 0.25) is 0 Å². The van der Waals surface area contributed by atoms with Crippen molar-refractivity contribution in [3.05, 3.63) is 0 Å². The average Bonchev–Trinajstić information content (AvgIpc) is 2.16. The average molecular weight is 217 g/mol. The molecule has 0 rings (SSSR count). The maximum Gasteiger partial charge on any atom is 0.0590 e. The summed E-state index contributed by atoms with van der Waals surface area (Å²) in [6.07, 6.45) is 2.02. The molecule has 1 unspecified atom stereocenters. The van der Waals surface area contributed by atoms with Crippen molar-refractivity contribution < 1.29 is 9.84 Å². The van der Waals surface area contributed by atoms with Crippen LogP contribution in [0.15, 0.2) is 0 Å². The van der Waals surface area contributed by atoms with Crippen LogP contribution in [0.25, 0.3) is 0 Å². The number of aliphatic hydroxyl groups excluding tert-OH is 1. The molecule has 0 radical (unpaired) electrons. The first-order valence-electron chi connectivity index (χ1n) is 6.06. The Kier molecular flexibility index (Phi) is 10.3. The summed E-state index contributed by atoms with van der Waals surface area (Å²) in [5, 5.41) is 12.0. The number of hydrogen-bond acceptors (Lipinski definition) is 3. The normalized spacial score (nSPS) is 13.4. The third-order valence-electron chi connectivity index (χ3n) is 2.38. The Morgan fingerprint density at radius 3 is 2.47 bits per heavy atom. The lowest BCUT2D eigenvalue weighted by atomic mass is 10.1. The first-order valence-corrected chi connectivity index (χ1v) is 6.06. The van der Waals surface area contributed by atoms with E-state index in [4.69, 9.17) is 9.84 Å². The number of rotatable bonds is 10. The molecule has 3 heteroatoms. The second-order valence-electron chi connectivity index (χ2n) is 4.62. The van der Waals surface area contributed by atoms with Crippen molar-refractivity contribution in [2.45, 2.75) is 33.6 Å². The molecule has 0 aliphatic carbocycles. The Hall–Kier alpha value is -0.120. The van der Waals surface area contributed by atoms with Crippen LogP contribution in [0, 0.1) is 11.8 Å². The Labute approximate surface area is 94.2 Å². The highest BCUT2D eigenvalue weighted by atomic mass is 16.5. The molecule has 0 aromatic heterocycles. The van der Waals surface area contributed by atoms with Gasteiger partial charge in [0.05, 0.1) is 6.61 Å². The van der Waals surface area contributed by atoms with Crippen molar-refractivity contribution in [2.24, 2.45) is 11.8 Å². The van der Waals surface area contributed by atoms with Crippen LogP contribution in [0.1, 0.15) is 33.6 Å². The van der Waals surface area contributed by atoms with Crippen LogP contribution in [0.4, 0.5) is 0 Å². The van der Waals surface area contributed by atoms with Crippen molar-refractivity contribution in [3.8, 4) is 0 Å². The van der Waals surface area contributed by atoms with Crippen LogP contribution >= 0.6 is 0 Å². The van der Waals surface area contributed by atoms with Gasteiger partial charge in [0.2, 0.25) is 0 Å². The lowest BCUT2D eigenvalue weighted by Crippen LogP contribution is -2.25. The SMILES string of the molecule is CC(C)CCOCCNCC(C)CCO. The largest absolute Gasteiger partial charge is 0.396 e. The Bertz CT molecular complexity index is 129. The second kappa shape index (κ2) is 10.4. The van der Waals surface area contributed by atoms with Crippen LogP contribution < -0.4 is 5.32 Å². The summed E-state index contributed by atoms with van der Waals surface area (Å²) in [6.45, 7) is 10.4. The Morgan fingerprint density at radius 1 is 1.13 bits per heavy atom. The molecule has 0 fully saturated rings. The summed E-state index contributed by atoms with van der Waals surface area (Å²) >= 11 is 0. The van der Waals surface area contributed by atoms with Gasteiger partial charge in [0.25, 0.3) is 0 Å². The summed E-state index contributed by atoms with van der Waals surface area (Å²) in [6, 6.07) is 0. The van der Waals surface area contributed by atoms with Gasteiger partial charge in [0, 0.05) is 19.8 Å². The quantitative estimate of drug-likeness (QED) is 0.547. The van der Waals surface area contributed by atoms with Gasteiger partial charge in [-0.15, -0.1) is 0 Å². The van der Waals surface area contributed by atoms with E-state index in [9.17, 15) is 0 Å². The van der Waals surface area contributed by atoms with Crippen LogP contribution in [0.3, 0.4) is 0 Å². The monoisotopic (exact) mass is 217 g/mol. The van der Waals surface area contributed by atoms with Gasteiger partial charge < -0.3 is 15.2 Å². The van der Waals surface area contributed by atoms with Gasteiger partial charge in [-0.05, 0) is 31.2 Å². The number of ether oxygens (including phenoxy) is 1. The van der Waals surface area contributed by atoms with E-state index in [1.807, 2.05) is 0 Å². The minimum atomic E-state index is 0.285. The van der Waals surface area contributed by atoms with Crippen molar-refractivity contribution in [1.29, 1.82) is 0 Å². The van der Waals surface area contributed by atoms with E-state index in [1.165, 1.54) is 0 Å². The smallest absolute Gasteiger partial charge is 0.0590 e. The van der Waals surface area contributed by atoms with Gasteiger partial charge in [-0.1, -0.05) is 20.8 Å². The van der Waals surface area contributed by atoms with E-state index in [-0.39, 0.29) is 6.61 Å². The van der Waals surface area contributed by atoms with Gasteiger partial charge in [-0.3, -0.25) is 0 Å². The lowest BCUT2D eigenvalue weighted by Gasteiger charge is -2.11. The van der Waals surface area contributed by atoms with Crippen molar-refractivity contribution in [1.82, 2.24) is 5.32 Å². The fourth-order valence-corrected chi connectivity index (χ4v) is 1.24. The predicted octanol–water partition coefficient (Wildman–Crippen LogP) is 1.66. The van der Waals surface area contributed by atoms with Gasteiger partial charge in [-0.25, -0.2) is 0 Å². The summed E-state index contributed by atoms with van der Waals surface area (Å²) < 4.78 is 5.47. The summed E-state index contributed by atoms with van der Waals surface area (Å²) in [5.74, 6) is 1.27. The fourth-order valence-electron chi connectivity index (χ4n) is 1.24. The van der Waals surface area contributed by atoms with Crippen LogP contribution in [-0.4, -0.2) is 38.0 Å². The predicted molar refractivity (Wildman–Crippen MR) is 64.0 cm³/mol. The topological polar surface area (TPSA) is 41.5 Å². The Balaban J connectivity index is 3.04. The van der Waals surface area contributed by atoms with E-state index < -0.39 is 0 Å². The van der Waals surface area contributed by atoms with E-state index in [1.54, 1.807) is 0 Å². The zero-order chi connectivity index (χ0) is 11.5. The van der Waals surface area contributed by atoms with Gasteiger partial charge in [0.15, 0.2) is 0 Å². The highest BCUT2D eigenvalue weighted by Crippen LogP contribution is 1.99.